The molecule has 1 aliphatic heterocycles. The lowest BCUT2D eigenvalue weighted by atomic mass is 10.2. The van der Waals surface area contributed by atoms with Crippen molar-refractivity contribution in [2.24, 2.45) is 0 Å². The first-order valence-corrected chi connectivity index (χ1v) is 8.63. The zero-order chi connectivity index (χ0) is 17.4. The van der Waals surface area contributed by atoms with Crippen LogP contribution in [0.4, 0.5) is 0 Å². The van der Waals surface area contributed by atoms with Gasteiger partial charge in [0.15, 0.2) is 0 Å². The summed E-state index contributed by atoms with van der Waals surface area (Å²) < 4.78 is 5.23. The number of likely N-dealkylation sites (tertiary alicyclic amines) is 1. The molecule has 0 spiro atoms. The van der Waals surface area contributed by atoms with Crippen molar-refractivity contribution in [3.8, 4) is 0 Å². The Hall–Kier alpha value is -2.60. The lowest BCUT2D eigenvalue weighted by Crippen LogP contribution is -2.37. The maximum absolute atomic E-state index is 12.5. The minimum absolute atomic E-state index is 0.0413. The van der Waals surface area contributed by atoms with Crippen LogP contribution in [0, 0.1) is 13.8 Å². The van der Waals surface area contributed by atoms with E-state index in [2.05, 4.69) is 20.4 Å². The van der Waals surface area contributed by atoms with Gasteiger partial charge in [-0.25, -0.2) is 0 Å². The van der Waals surface area contributed by atoms with Crippen LogP contribution in [0.2, 0.25) is 0 Å². The highest BCUT2D eigenvalue weighted by molar-refractivity contribution is 5.98. The molecule has 0 saturated carbocycles. The molecule has 0 aliphatic carbocycles. The monoisotopic (exact) mass is 338 g/mol. The molecule has 6 heteroatoms. The maximum Gasteiger partial charge on any atom is 0.267 e. The van der Waals surface area contributed by atoms with Gasteiger partial charge in [-0.2, -0.15) is 0 Å². The van der Waals surface area contributed by atoms with Crippen LogP contribution in [0.5, 0.6) is 0 Å². The van der Waals surface area contributed by atoms with Crippen molar-refractivity contribution >= 4 is 16.8 Å². The van der Waals surface area contributed by atoms with Crippen LogP contribution in [0.15, 0.2) is 34.9 Å². The molecule has 1 aromatic carbocycles. The number of benzene rings is 1. The van der Waals surface area contributed by atoms with Crippen LogP contribution < -0.4 is 5.32 Å². The summed E-state index contributed by atoms with van der Waals surface area (Å²) in [5.74, 6) is 0.837. The minimum atomic E-state index is -0.0413. The first-order chi connectivity index (χ1) is 12.1. The fourth-order valence-electron chi connectivity index (χ4n) is 3.50. The fourth-order valence-corrected chi connectivity index (χ4v) is 3.50. The van der Waals surface area contributed by atoms with Crippen LogP contribution in [-0.4, -0.2) is 40.1 Å². The molecule has 130 valence electrons. The van der Waals surface area contributed by atoms with Gasteiger partial charge in [-0.3, -0.25) is 9.69 Å². The fraction of sp³-hybridized carbons (Fsp3) is 0.368. The standard InChI is InChI=1S/C19H22N4O2/c1-12-16(13(2)25-22-12)11-23-8-7-15(10-23)20-19(24)18-9-14-5-3-4-6-17(14)21-18/h3-6,9,15,21H,7-8,10-11H2,1-2H3,(H,20,24)/t15-/m1/s1. The van der Waals surface area contributed by atoms with Crippen LogP contribution >= 0.6 is 0 Å². The average molecular weight is 338 g/mol. The molecule has 1 saturated heterocycles. The zero-order valence-electron chi connectivity index (χ0n) is 14.5. The molecule has 25 heavy (non-hydrogen) atoms. The number of aryl methyl sites for hydroxylation is 2. The predicted octanol–water partition coefficient (Wildman–Crippen LogP) is 2.78. The largest absolute Gasteiger partial charge is 0.361 e. The van der Waals surface area contributed by atoms with Gasteiger partial charge in [0, 0.05) is 42.1 Å². The predicted molar refractivity (Wildman–Crippen MR) is 95.4 cm³/mol. The number of amides is 1. The first kappa shape index (κ1) is 15.9. The summed E-state index contributed by atoms with van der Waals surface area (Å²) in [4.78, 5) is 18.0. The number of nitrogens with one attached hydrogen (secondary N) is 2. The summed E-state index contributed by atoms with van der Waals surface area (Å²) in [5.41, 5.74) is 3.70. The third kappa shape index (κ3) is 3.17. The smallest absolute Gasteiger partial charge is 0.267 e. The molecule has 2 aromatic heterocycles. The zero-order valence-corrected chi connectivity index (χ0v) is 14.5. The third-order valence-corrected chi connectivity index (χ3v) is 4.95. The van der Waals surface area contributed by atoms with E-state index in [1.165, 1.54) is 0 Å². The first-order valence-electron chi connectivity index (χ1n) is 8.63. The molecule has 3 heterocycles. The summed E-state index contributed by atoms with van der Waals surface area (Å²) >= 11 is 0. The van der Waals surface area contributed by atoms with Crippen LogP contribution in [0.25, 0.3) is 10.9 Å². The molecule has 0 radical (unpaired) electrons. The maximum atomic E-state index is 12.5. The van der Waals surface area contributed by atoms with Crippen molar-refractivity contribution in [3.05, 3.63) is 53.0 Å². The molecule has 4 rings (SSSR count). The van der Waals surface area contributed by atoms with E-state index in [0.717, 1.165) is 54.0 Å². The number of fused-ring (bicyclic) bond motifs is 1. The molecule has 1 aliphatic rings. The topological polar surface area (TPSA) is 74.2 Å². The molecular weight excluding hydrogens is 316 g/mol. The number of para-hydroxylation sites is 1. The molecular formula is C19H22N4O2. The minimum Gasteiger partial charge on any atom is -0.361 e. The van der Waals surface area contributed by atoms with Crippen molar-refractivity contribution in [3.63, 3.8) is 0 Å². The summed E-state index contributed by atoms with van der Waals surface area (Å²) in [6, 6.07) is 9.99. The van der Waals surface area contributed by atoms with Gasteiger partial charge in [-0.05, 0) is 32.4 Å². The lowest BCUT2D eigenvalue weighted by Gasteiger charge is -2.16. The molecule has 1 amide bonds. The van der Waals surface area contributed by atoms with Gasteiger partial charge in [0.1, 0.15) is 11.5 Å². The van der Waals surface area contributed by atoms with Crippen LogP contribution in [0.3, 0.4) is 0 Å². The summed E-state index contributed by atoms with van der Waals surface area (Å²) in [7, 11) is 0. The number of H-pyrrole nitrogens is 1. The number of aromatic nitrogens is 2. The number of nitrogens with zero attached hydrogens (tertiary/aromatic N) is 2. The molecule has 0 bridgehead atoms. The third-order valence-electron chi connectivity index (χ3n) is 4.95. The second kappa shape index (κ2) is 6.37. The van der Waals surface area contributed by atoms with E-state index in [4.69, 9.17) is 4.52 Å². The SMILES string of the molecule is Cc1noc(C)c1CN1CC[C@@H](NC(=O)c2cc3ccccc3[nH]2)C1. The van der Waals surface area contributed by atoms with Gasteiger partial charge < -0.3 is 14.8 Å². The lowest BCUT2D eigenvalue weighted by molar-refractivity contribution is 0.0933. The van der Waals surface area contributed by atoms with Crippen molar-refractivity contribution in [1.82, 2.24) is 20.4 Å². The summed E-state index contributed by atoms with van der Waals surface area (Å²) in [5, 5.41) is 8.21. The van der Waals surface area contributed by atoms with E-state index in [1.54, 1.807) is 0 Å². The van der Waals surface area contributed by atoms with E-state index in [0.29, 0.717) is 5.69 Å². The number of hydrogen-bond donors (Lipinski definition) is 2. The number of carbonyl (C=O) groups excluding carboxylic acids is 1. The van der Waals surface area contributed by atoms with E-state index in [1.807, 2.05) is 44.2 Å². The van der Waals surface area contributed by atoms with Crippen LogP contribution in [0.1, 0.15) is 33.9 Å². The Kier molecular flexibility index (Phi) is 4.05. The molecule has 6 nitrogen and oxygen atoms in total. The van der Waals surface area contributed by atoms with Crippen molar-refractivity contribution < 1.29 is 9.32 Å². The van der Waals surface area contributed by atoms with Crippen molar-refractivity contribution in [1.29, 1.82) is 0 Å². The van der Waals surface area contributed by atoms with Crippen LogP contribution in [-0.2, 0) is 6.54 Å². The normalized spacial score (nSPS) is 18.1. The number of rotatable bonds is 4. The summed E-state index contributed by atoms with van der Waals surface area (Å²) in [6.45, 7) is 6.54. The number of carbonyl (C=O) groups is 1. The highest BCUT2D eigenvalue weighted by Crippen LogP contribution is 2.19. The van der Waals surface area contributed by atoms with E-state index < -0.39 is 0 Å². The number of aromatic amines is 1. The van der Waals surface area contributed by atoms with Crippen molar-refractivity contribution in [2.75, 3.05) is 13.1 Å². The highest BCUT2D eigenvalue weighted by atomic mass is 16.5. The second-order valence-corrected chi connectivity index (χ2v) is 6.77. The molecule has 0 unspecified atom stereocenters. The molecule has 1 atom stereocenters. The summed E-state index contributed by atoms with van der Waals surface area (Å²) in [6.07, 6.45) is 0.954. The van der Waals surface area contributed by atoms with Gasteiger partial charge in [0.05, 0.1) is 5.69 Å². The van der Waals surface area contributed by atoms with Gasteiger partial charge in [-0.15, -0.1) is 0 Å². The Bertz CT molecular complexity index is 859. The Morgan fingerprint density at radius 3 is 3.00 bits per heavy atom. The van der Waals surface area contributed by atoms with Gasteiger partial charge in [-0.1, -0.05) is 23.4 Å². The van der Waals surface area contributed by atoms with E-state index in [9.17, 15) is 4.79 Å². The quantitative estimate of drug-likeness (QED) is 0.767. The Morgan fingerprint density at radius 2 is 2.24 bits per heavy atom. The Labute approximate surface area is 146 Å². The Balaban J connectivity index is 1.38. The van der Waals surface area contributed by atoms with E-state index in [-0.39, 0.29) is 11.9 Å². The van der Waals surface area contributed by atoms with Crippen molar-refractivity contribution in [2.45, 2.75) is 32.9 Å². The van der Waals surface area contributed by atoms with Gasteiger partial charge in [0.25, 0.3) is 5.91 Å². The number of hydrogen-bond acceptors (Lipinski definition) is 4. The average Bonchev–Trinajstić information content (AvgIpc) is 3.30. The second-order valence-electron chi connectivity index (χ2n) is 6.77. The molecule has 3 aromatic rings. The van der Waals surface area contributed by atoms with E-state index >= 15 is 0 Å². The highest BCUT2D eigenvalue weighted by Gasteiger charge is 2.26. The molecule has 2 N–H and O–H groups in total. The molecule has 1 fully saturated rings. The van der Waals surface area contributed by atoms with Gasteiger partial charge >= 0.3 is 0 Å². The van der Waals surface area contributed by atoms with Gasteiger partial charge in [0.2, 0.25) is 0 Å². The Morgan fingerprint density at radius 1 is 1.40 bits per heavy atom.